The van der Waals surface area contributed by atoms with Gasteiger partial charge in [-0.3, -0.25) is 17.5 Å². The van der Waals surface area contributed by atoms with Gasteiger partial charge in [0.25, 0.3) is 0 Å². The van der Waals surface area contributed by atoms with E-state index in [1.807, 2.05) is 0 Å². The molecule has 3 aromatic rings. The number of fused-ring (bicyclic) bond motifs is 1. The molecule has 0 radical (unpaired) electrons. The maximum Gasteiger partial charge on any atom is 1.00 e. The largest absolute Gasteiger partial charge is 1.00 e. The molecule has 2 N–H and O–H groups in total. The predicted molar refractivity (Wildman–Crippen MR) is 206 cm³/mol. The summed E-state index contributed by atoms with van der Waals surface area (Å²) in [6, 6.07) is 26.4. The van der Waals surface area contributed by atoms with Crippen LogP contribution in [-0.2, 0) is 33.6 Å². The van der Waals surface area contributed by atoms with Gasteiger partial charge in [-0.1, -0.05) is 202 Å². The summed E-state index contributed by atoms with van der Waals surface area (Å²) in [6.07, 6.45) is 30.9. The molecule has 0 aliphatic heterocycles. The summed E-state index contributed by atoms with van der Waals surface area (Å²) >= 11 is 0. The monoisotopic (exact) mass is 782 g/mol. The van der Waals surface area contributed by atoms with Gasteiger partial charge in [0.15, 0.2) is 0 Å². The Morgan fingerprint density at radius 3 is 1.21 bits per heavy atom. The van der Waals surface area contributed by atoms with Crippen LogP contribution in [0.5, 0.6) is 0 Å². The Balaban J connectivity index is -0.000000718. The fourth-order valence-corrected chi connectivity index (χ4v) is 5.77. The summed E-state index contributed by atoms with van der Waals surface area (Å²) < 4.78 is 65.7. The van der Waals surface area contributed by atoms with Crippen LogP contribution in [0.3, 0.4) is 0 Å². The molecule has 0 saturated carbocycles. The molecule has 0 spiro atoms. The Bertz CT molecular complexity index is 1370. The van der Waals surface area contributed by atoms with Crippen molar-refractivity contribution in [1.82, 2.24) is 0 Å². The van der Waals surface area contributed by atoms with Gasteiger partial charge in [-0.15, -0.1) is 0 Å². The molecule has 0 atom stereocenters. The normalized spacial score (nSPS) is 10.7. The molecule has 0 amide bonds. The van der Waals surface area contributed by atoms with E-state index in [0.717, 1.165) is 0 Å². The van der Waals surface area contributed by atoms with Gasteiger partial charge in [-0.05, 0) is 47.6 Å². The van der Waals surface area contributed by atoms with E-state index >= 15 is 0 Å². The Hall–Kier alpha value is -0.340. The molecule has 0 unspecified atom stereocenters. The van der Waals surface area contributed by atoms with E-state index in [0.29, 0.717) is 0 Å². The first-order chi connectivity index (χ1) is 23.8. The first-order valence-corrected chi connectivity index (χ1v) is 21.4. The van der Waals surface area contributed by atoms with Crippen molar-refractivity contribution in [3.05, 3.63) is 83.9 Å². The third-order valence-electron chi connectivity index (χ3n) is 8.34. The fourth-order valence-electron chi connectivity index (χ4n) is 5.77. The molecular weight excluding hydrogens is 719 g/mol. The molecule has 0 bridgehead atoms. The summed E-state index contributed by atoms with van der Waals surface area (Å²) in [5.74, 6) is 0. The zero-order valence-electron chi connectivity index (χ0n) is 32.6. The summed E-state index contributed by atoms with van der Waals surface area (Å²) in [5, 5.41) is 2.83. The average molecular weight is 783 g/mol. The molecule has 8 nitrogen and oxygen atoms in total. The van der Waals surface area contributed by atoms with Gasteiger partial charge in [0.05, 0.1) is 0 Å². The number of rotatable bonds is 22. The van der Waals surface area contributed by atoms with Gasteiger partial charge >= 0.3 is 69.5 Å². The van der Waals surface area contributed by atoms with E-state index in [9.17, 15) is 0 Å². The van der Waals surface area contributed by atoms with Gasteiger partial charge in [-0.2, -0.15) is 8.42 Å². The van der Waals surface area contributed by atoms with Crippen LogP contribution in [0.1, 0.15) is 153 Å². The third kappa shape index (κ3) is 42.4. The SMILES string of the molecule is CCCCCCCCCCCCc1cccc2ccccc12.CCCCCCCCCCCCc1ccccc1.O=S(=O)(O)O.O=S(=O)([O-])[O-].[Na+].[Na+]. The average Bonchev–Trinajstić information content (AvgIpc) is 3.06. The van der Waals surface area contributed by atoms with Crippen LogP contribution < -0.4 is 59.1 Å². The molecule has 0 aliphatic carbocycles. The Kier molecular flexibility index (Phi) is 40.5. The minimum absolute atomic E-state index is 0. The molecule has 3 rings (SSSR count). The summed E-state index contributed by atoms with van der Waals surface area (Å²) in [7, 11) is -9.83. The minimum atomic E-state index is -5.17. The molecular formula is C40H64Na2O8S2. The summed E-state index contributed by atoms with van der Waals surface area (Å²) in [6.45, 7) is 4.57. The van der Waals surface area contributed by atoms with Crippen molar-refractivity contribution in [3.8, 4) is 0 Å². The van der Waals surface area contributed by atoms with E-state index in [1.54, 1.807) is 0 Å². The van der Waals surface area contributed by atoms with Crippen molar-refractivity contribution in [3.63, 3.8) is 0 Å². The van der Waals surface area contributed by atoms with Gasteiger partial charge in [0.2, 0.25) is 0 Å². The number of hydrogen-bond donors (Lipinski definition) is 2. The van der Waals surface area contributed by atoms with Gasteiger partial charge < -0.3 is 9.11 Å². The molecule has 0 aromatic heterocycles. The topological polar surface area (TPSA) is 155 Å². The summed E-state index contributed by atoms with van der Waals surface area (Å²) in [5.41, 5.74) is 3.02. The first kappa shape index (κ1) is 56.0. The number of benzene rings is 3. The number of unbranched alkanes of at least 4 members (excludes halogenated alkanes) is 18. The van der Waals surface area contributed by atoms with Crippen LogP contribution in [0.15, 0.2) is 72.8 Å². The van der Waals surface area contributed by atoms with Crippen molar-refractivity contribution in [2.24, 2.45) is 0 Å². The van der Waals surface area contributed by atoms with Crippen LogP contribution in [-0.4, -0.2) is 35.0 Å². The quantitative estimate of drug-likeness (QED) is 0.0589. The van der Waals surface area contributed by atoms with E-state index in [1.165, 1.54) is 163 Å². The Morgan fingerprint density at radius 1 is 0.462 bits per heavy atom. The molecule has 286 valence electrons. The molecule has 12 heteroatoms. The first-order valence-electron chi connectivity index (χ1n) is 18.7. The second kappa shape index (κ2) is 37.6. The van der Waals surface area contributed by atoms with Gasteiger partial charge in [0, 0.05) is 10.4 Å². The molecule has 3 aromatic carbocycles. The Labute approximate surface area is 361 Å². The van der Waals surface area contributed by atoms with E-state index in [2.05, 4.69) is 86.6 Å². The zero-order valence-corrected chi connectivity index (χ0v) is 38.3. The predicted octanol–water partition coefficient (Wildman–Crippen LogP) is 5.47. The van der Waals surface area contributed by atoms with Crippen LogP contribution >= 0.6 is 0 Å². The van der Waals surface area contributed by atoms with Crippen molar-refractivity contribution in [2.75, 3.05) is 0 Å². The maximum absolute atomic E-state index is 8.74. The standard InChI is InChI=1S/C22H32.C18H30.2Na.2H2O4S/c1-2-3-4-5-6-7-8-9-10-11-15-20-17-14-18-21-16-12-13-19-22(20)21;1-2-3-4-5-6-7-8-9-10-12-15-18-16-13-11-14-17-18;;;2*1-5(2,3)4/h12-14,16-19H,2-11,15H2,1H3;11,13-14,16-17H,2-10,12,15H2,1H3;;;2*(H2,1,2,3,4)/q;;2*+1;;/p-2. The third-order valence-corrected chi connectivity index (χ3v) is 8.34. The van der Waals surface area contributed by atoms with Crippen molar-refractivity contribution < 1.29 is 94.2 Å². The van der Waals surface area contributed by atoms with E-state index in [4.69, 9.17) is 35.0 Å². The smallest absolute Gasteiger partial charge is 0.759 e. The van der Waals surface area contributed by atoms with Crippen LogP contribution in [0.2, 0.25) is 0 Å². The minimum Gasteiger partial charge on any atom is -0.759 e. The number of aryl methyl sites for hydroxylation is 2. The molecule has 52 heavy (non-hydrogen) atoms. The van der Waals surface area contributed by atoms with Gasteiger partial charge in [0.1, 0.15) is 0 Å². The molecule has 0 heterocycles. The van der Waals surface area contributed by atoms with Crippen molar-refractivity contribution >= 4 is 31.6 Å². The maximum atomic E-state index is 8.74. The van der Waals surface area contributed by atoms with Gasteiger partial charge in [-0.25, -0.2) is 0 Å². The van der Waals surface area contributed by atoms with Crippen LogP contribution in [0.4, 0.5) is 0 Å². The zero-order chi connectivity index (χ0) is 37.4. The van der Waals surface area contributed by atoms with Crippen molar-refractivity contribution in [1.29, 1.82) is 0 Å². The van der Waals surface area contributed by atoms with E-state index in [-0.39, 0.29) is 59.1 Å². The molecule has 0 fully saturated rings. The van der Waals surface area contributed by atoms with E-state index < -0.39 is 20.8 Å². The molecule has 0 saturated heterocycles. The van der Waals surface area contributed by atoms with Crippen molar-refractivity contribution in [2.45, 2.75) is 155 Å². The second-order valence-corrected chi connectivity index (χ2v) is 14.6. The molecule has 0 aliphatic rings. The summed E-state index contributed by atoms with van der Waals surface area (Å²) in [4.78, 5) is 0. The Morgan fingerprint density at radius 2 is 0.788 bits per heavy atom. The number of hydrogen-bond acceptors (Lipinski definition) is 6. The fraction of sp³-hybridized carbons (Fsp3) is 0.600. The second-order valence-electron chi connectivity index (χ2n) is 12.8. The van der Waals surface area contributed by atoms with Crippen LogP contribution in [0, 0.1) is 0 Å². The van der Waals surface area contributed by atoms with Crippen LogP contribution in [0.25, 0.3) is 10.8 Å².